The Balaban J connectivity index is 1.82. The summed E-state index contributed by atoms with van der Waals surface area (Å²) in [6, 6.07) is 9.23. The summed E-state index contributed by atoms with van der Waals surface area (Å²) < 4.78 is 6.31. The van der Waals surface area contributed by atoms with Crippen molar-refractivity contribution in [3.8, 4) is 0 Å². The highest BCUT2D eigenvalue weighted by atomic mass is 16.3. The molecule has 1 aliphatic carbocycles. The van der Waals surface area contributed by atoms with Crippen molar-refractivity contribution < 1.29 is 4.42 Å². The van der Waals surface area contributed by atoms with E-state index in [1.807, 2.05) is 6.92 Å². The second-order valence-electron chi connectivity index (χ2n) is 8.13. The third-order valence-corrected chi connectivity index (χ3v) is 6.49. The Morgan fingerprint density at radius 3 is 2.71 bits per heavy atom. The Morgan fingerprint density at radius 1 is 1.17 bits per heavy atom. The van der Waals surface area contributed by atoms with E-state index < -0.39 is 0 Å². The molecule has 1 saturated carbocycles. The van der Waals surface area contributed by atoms with Crippen LogP contribution in [0.15, 0.2) is 28.7 Å². The van der Waals surface area contributed by atoms with Gasteiger partial charge >= 0.3 is 0 Å². The molecule has 3 nitrogen and oxygen atoms in total. The number of piperidine rings is 1. The summed E-state index contributed by atoms with van der Waals surface area (Å²) in [5.74, 6) is 0.814. The van der Waals surface area contributed by atoms with Gasteiger partial charge in [-0.2, -0.15) is 0 Å². The summed E-state index contributed by atoms with van der Waals surface area (Å²) in [5, 5.41) is 2.32. The molecule has 0 radical (unpaired) electrons. The van der Waals surface area contributed by atoms with Crippen LogP contribution in [0.2, 0.25) is 0 Å². The van der Waals surface area contributed by atoms with E-state index >= 15 is 0 Å². The number of fused-ring (bicyclic) bond motifs is 5. The molecule has 1 aliphatic heterocycles. The molecule has 1 aromatic carbocycles. The lowest BCUT2D eigenvalue weighted by Crippen LogP contribution is -2.47. The lowest BCUT2D eigenvalue weighted by molar-refractivity contribution is 0.402. The van der Waals surface area contributed by atoms with Gasteiger partial charge in [-0.25, -0.2) is 4.98 Å². The molecule has 3 heterocycles. The number of pyridine rings is 1. The van der Waals surface area contributed by atoms with Crippen molar-refractivity contribution in [3.05, 3.63) is 35.5 Å². The van der Waals surface area contributed by atoms with Crippen molar-refractivity contribution in [2.24, 2.45) is 5.92 Å². The minimum atomic E-state index is 0.269. The number of anilines is 1. The molecular weight excluding hydrogens is 296 g/mol. The van der Waals surface area contributed by atoms with E-state index in [9.17, 15) is 0 Å². The number of benzene rings is 1. The minimum absolute atomic E-state index is 0.269. The summed E-state index contributed by atoms with van der Waals surface area (Å²) in [7, 11) is 0. The molecule has 0 spiro atoms. The molecule has 24 heavy (non-hydrogen) atoms. The van der Waals surface area contributed by atoms with Gasteiger partial charge in [0.2, 0.25) is 5.71 Å². The predicted octanol–water partition coefficient (Wildman–Crippen LogP) is 5.37. The highest BCUT2D eigenvalue weighted by Gasteiger charge is 2.52. The van der Waals surface area contributed by atoms with Gasteiger partial charge in [0, 0.05) is 28.0 Å². The van der Waals surface area contributed by atoms with Crippen LogP contribution < -0.4 is 4.90 Å². The maximum absolute atomic E-state index is 6.31. The van der Waals surface area contributed by atoms with Crippen LogP contribution in [0.5, 0.6) is 0 Å². The third kappa shape index (κ3) is 1.70. The average molecular weight is 320 g/mol. The summed E-state index contributed by atoms with van der Waals surface area (Å²) in [6.07, 6.45) is 3.96. The highest BCUT2D eigenvalue weighted by Crippen LogP contribution is 2.54. The van der Waals surface area contributed by atoms with E-state index in [-0.39, 0.29) is 5.54 Å². The fourth-order valence-corrected chi connectivity index (χ4v) is 5.27. The molecule has 3 heteroatoms. The molecule has 2 aliphatic rings. The summed E-state index contributed by atoms with van der Waals surface area (Å²) in [4.78, 5) is 7.27. The molecule has 3 atom stereocenters. The zero-order valence-corrected chi connectivity index (χ0v) is 14.9. The van der Waals surface area contributed by atoms with Crippen molar-refractivity contribution in [3.63, 3.8) is 0 Å². The second-order valence-corrected chi connectivity index (χ2v) is 8.13. The lowest BCUT2D eigenvalue weighted by atomic mass is 9.94. The van der Waals surface area contributed by atoms with Gasteiger partial charge in [0.15, 0.2) is 5.58 Å². The Hall–Kier alpha value is -2.03. The van der Waals surface area contributed by atoms with Gasteiger partial charge in [0.05, 0.1) is 5.69 Å². The van der Waals surface area contributed by atoms with Crippen LogP contribution in [-0.4, -0.2) is 16.6 Å². The normalized spacial score (nSPS) is 29.2. The van der Waals surface area contributed by atoms with Crippen LogP contribution in [-0.2, 0) is 0 Å². The van der Waals surface area contributed by atoms with E-state index in [2.05, 4.69) is 54.9 Å². The molecule has 3 aromatic rings. The molecule has 124 valence electrons. The van der Waals surface area contributed by atoms with Gasteiger partial charge in [-0.15, -0.1) is 0 Å². The van der Waals surface area contributed by atoms with Crippen molar-refractivity contribution >= 4 is 27.8 Å². The molecule has 2 fully saturated rings. The summed E-state index contributed by atoms with van der Waals surface area (Å²) in [6.45, 7) is 9.04. The van der Waals surface area contributed by atoms with E-state index in [0.717, 1.165) is 28.3 Å². The molecule has 2 bridgehead atoms. The van der Waals surface area contributed by atoms with Crippen LogP contribution >= 0.6 is 0 Å². The average Bonchev–Trinajstić information content (AvgIpc) is 3.16. The van der Waals surface area contributed by atoms with Gasteiger partial charge < -0.3 is 9.32 Å². The minimum Gasteiger partial charge on any atom is -0.436 e. The zero-order valence-electron chi connectivity index (χ0n) is 14.9. The topological polar surface area (TPSA) is 29.3 Å². The number of furan rings is 1. The number of aryl methyl sites for hydroxylation is 2. The first-order valence-electron chi connectivity index (χ1n) is 9.07. The van der Waals surface area contributed by atoms with Crippen LogP contribution in [0.1, 0.15) is 44.4 Å². The maximum Gasteiger partial charge on any atom is 0.227 e. The molecule has 0 N–H and O–H groups in total. The molecule has 2 aromatic heterocycles. The quantitative estimate of drug-likeness (QED) is 0.604. The number of hydrogen-bond donors (Lipinski definition) is 0. The monoisotopic (exact) mass is 320 g/mol. The number of aromatic nitrogens is 1. The first kappa shape index (κ1) is 14.3. The molecule has 5 rings (SSSR count). The second kappa shape index (κ2) is 4.53. The predicted molar refractivity (Wildman–Crippen MR) is 98.7 cm³/mol. The first-order chi connectivity index (χ1) is 11.5. The van der Waals surface area contributed by atoms with E-state index in [1.165, 1.54) is 35.9 Å². The number of rotatable bonds is 1. The van der Waals surface area contributed by atoms with Gasteiger partial charge in [0.25, 0.3) is 0 Å². The number of nitrogens with zero attached hydrogens (tertiary/aromatic N) is 2. The summed E-state index contributed by atoms with van der Waals surface area (Å²) in [5.41, 5.74) is 5.65. The third-order valence-electron chi connectivity index (χ3n) is 6.49. The van der Waals surface area contributed by atoms with Crippen LogP contribution in [0.3, 0.4) is 0 Å². The Morgan fingerprint density at radius 2 is 1.96 bits per heavy atom. The van der Waals surface area contributed by atoms with Crippen molar-refractivity contribution in [1.82, 2.24) is 4.98 Å². The maximum atomic E-state index is 6.31. The number of hydrogen-bond acceptors (Lipinski definition) is 3. The van der Waals surface area contributed by atoms with Gasteiger partial charge in [-0.05, 0) is 70.6 Å². The zero-order chi connectivity index (χ0) is 16.6. The fourth-order valence-electron chi connectivity index (χ4n) is 5.27. The van der Waals surface area contributed by atoms with E-state index in [0.29, 0.717) is 6.04 Å². The lowest BCUT2D eigenvalue weighted by Gasteiger charge is -2.42. The Bertz CT molecular complexity index is 973. The van der Waals surface area contributed by atoms with Gasteiger partial charge in [-0.3, -0.25) is 0 Å². The van der Waals surface area contributed by atoms with E-state index in [4.69, 9.17) is 4.42 Å². The largest absolute Gasteiger partial charge is 0.436 e. The molecule has 1 saturated heterocycles. The Labute approximate surface area is 142 Å². The van der Waals surface area contributed by atoms with Crippen LogP contribution in [0.25, 0.3) is 22.1 Å². The van der Waals surface area contributed by atoms with E-state index in [1.54, 1.807) is 0 Å². The highest BCUT2D eigenvalue weighted by molar-refractivity contribution is 6.08. The fraction of sp³-hybridized carbons (Fsp3) is 0.476. The molecule has 0 amide bonds. The van der Waals surface area contributed by atoms with Gasteiger partial charge in [-0.1, -0.05) is 12.1 Å². The van der Waals surface area contributed by atoms with Gasteiger partial charge in [0.1, 0.15) is 0 Å². The van der Waals surface area contributed by atoms with Crippen LogP contribution in [0.4, 0.5) is 5.69 Å². The van der Waals surface area contributed by atoms with Crippen molar-refractivity contribution in [2.45, 2.75) is 58.5 Å². The van der Waals surface area contributed by atoms with Crippen molar-refractivity contribution in [2.75, 3.05) is 4.90 Å². The smallest absolute Gasteiger partial charge is 0.227 e. The SMILES string of the molecule is Cc1ccc2c(n1)oc1c(N3[C@@H](C)C4CCC3(C)C4)c(C)ccc12. The van der Waals surface area contributed by atoms with Crippen molar-refractivity contribution in [1.29, 1.82) is 0 Å². The summed E-state index contributed by atoms with van der Waals surface area (Å²) >= 11 is 0. The molecule has 2 unspecified atom stereocenters. The standard InChI is InChI=1S/C21H24N2O/c1-12-5-7-16-17-8-6-13(2)22-20(17)24-19(16)18(12)23-14(3)15-9-10-21(23,4)11-15/h5-8,14-15H,9-11H2,1-4H3/t14-,15?,21?/m0/s1. The Kier molecular flexibility index (Phi) is 2.70. The first-order valence-corrected chi connectivity index (χ1v) is 9.07. The van der Waals surface area contributed by atoms with Crippen LogP contribution in [0, 0.1) is 19.8 Å². The molecular formula is C21H24N2O.